The highest BCUT2D eigenvalue weighted by molar-refractivity contribution is 5.89. The lowest BCUT2D eigenvalue weighted by molar-refractivity contribution is 0.0329. The fraction of sp³-hybridized carbons (Fsp3) is 0.417. The number of para-hydroxylation sites is 1. The molecule has 0 radical (unpaired) electrons. The highest BCUT2D eigenvalue weighted by atomic mass is 16.5. The first-order valence-electron chi connectivity index (χ1n) is 9.89. The molecule has 2 rings (SSSR count). The molecular formula is C24H31NO2. The lowest BCUT2D eigenvalue weighted by Crippen LogP contribution is -2.15. The van der Waals surface area contributed by atoms with Crippen LogP contribution in [0.2, 0.25) is 0 Å². The molecule has 0 aromatic heterocycles. The number of carbonyl (C=O) groups is 1. The molecule has 0 heterocycles. The van der Waals surface area contributed by atoms with Gasteiger partial charge in [-0.2, -0.15) is 0 Å². The number of hydrogen-bond donors (Lipinski definition) is 0. The number of carbonyl (C=O) groups excluding carboxylic acids is 1. The normalized spacial score (nSPS) is 14.7. The first kappa shape index (κ1) is 20.9. The van der Waals surface area contributed by atoms with E-state index in [0.29, 0.717) is 17.4 Å². The molecule has 0 saturated carbocycles. The van der Waals surface area contributed by atoms with Gasteiger partial charge < -0.3 is 4.74 Å². The van der Waals surface area contributed by atoms with Crippen LogP contribution in [0.1, 0.15) is 68.8 Å². The van der Waals surface area contributed by atoms with Crippen LogP contribution in [0, 0.1) is 5.92 Å². The van der Waals surface area contributed by atoms with E-state index in [1.165, 1.54) is 5.56 Å². The van der Waals surface area contributed by atoms with Crippen LogP contribution in [0.4, 0.5) is 5.69 Å². The van der Waals surface area contributed by atoms with Crippen LogP contribution in [-0.4, -0.2) is 18.3 Å². The molecule has 0 amide bonds. The van der Waals surface area contributed by atoms with Gasteiger partial charge in [0.15, 0.2) is 0 Å². The van der Waals surface area contributed by atoms with Gasteiger partial charge in [0.1, 0.15) is 0 Å². The molecule has 0 N–H and O–H groups in total. The molecule has 0 spiro atoms. The number of esters is 1. The number of nitrogens with zero attached hydrogens (tertiary/aromatic N) is 1. The Morgan fingerprint density at radius 1 is 1.04 bits per heavy atom. The lowest BCUT2D eigenvalue weighted by atomic mass is 9.87. The summed E-state index contributed by atoms with van der Waals surface area (Å²) in [6.45, 7) is 8.63. The third-order valence-corrected chi connectivity index (χ3v) is 5.18. The zero-order chi connectivity index (χ0) is 19.6. The van der Waals surface area contributed by atoms with E-state index in [0.717, 1.165) is 24.9 Å². The van der Waals surface area contributed by atoms with Gasteiger partial charge in [-0.1, -0.05) is 57.5 Å². The van der Waals surface area contributed by atoms with Gasteiger partial charge in [0, 0.05) is 6.21 Å². The lowest BCUT2D eigenvalue weighted by Gasteiger charge is -2.19. The van der Waals surface area contributed by atoms with E-state index in [1.54, 1.807) is 0 Å². The van der Waals surface area contributed by atoms with Crippen molar-refractivity contribution in [1.82, 2.24) is 0 Å². The van der Waals surface area contributed by atoms with E-state index < -0.39 is 0 Å². The zero-order valence-corrected chi connectivity index (χ0v) is 16.9. The quantitative estimate of drug-likeness (QED) is 0.372. The second kappa shape index (κ2) is 10.7. The first-order chi connectivity index (χ1) is 13.0. The maximum Gasteiger partial charge on any atom is 0.338 e. The molecule has 144 valence electrons. The minimum absolute atomic E-state index is 0.140. The summed E-state index contributed by atoms with van der Waals surface area (Å²) in [5, 5.41) is 0. The second-order valence-corrected chi connectivity index (χ2v) is 7.24. The maximum atomic E-state index is 12.3. The minimum Gasteiger partial charge on any atom is -0.459 e. The van der Waals surface area contributed by atoms with Gasteiger partial charge in [-0.05, 0) is 61.4 Å². The van der Waals surface area contributed by atoms with Crippen molar-refractivity contribution in [1.29, 1.82) is 0 Å². The molecular weight excluding hydrogens is 334 g/mol. The fourth-order valence-corrected chi connectivity index (χ4v) is 2.91. The molecule has 2 aromatic carbocycles. The molecule has 0 saturated heterocycles. The summed E-state index contributed by atoms with van der Waals surface area (Å²) >= 11 is 0. The van der Waals surface area contributed by atoms with Crippen molar-refractivity contribution >= 4 is 17.9 Å². The van der Waals surface area contributed by atoms with E-state index >= 15 is 0 Å². The molecule has 0 aliphatic rings. The van der Waals surface area contributed by atoms with E-state index in [-0.39, 0.29) is 12.1 Å². The predicted molar refractivity (Wildman–Crippen MR) is 113 cm³/mol. The highest BCUT2D eigenvalue weighted by Crippen LogP contribution is 2.26. The molecule has 0 fully saturated rings. The van der Waals surface area contributed by atoms with Gasteiger partial charge in [-0.15, -0.1) is 0 Å². The average Bonchev–Trinajstić information content (AvgIpc) is 2.71. The molecule has 2 aromatic rings. The smallest absolute Gasteiger partial charge is 0.338 e. The van der Waals surface area contributed by atoms with Crippen LogP contribution >= 0.6 is 0 Å². The van der Waals surface area contributed by atoms with Crippen LogP contribution in [0.5, 0.6) is 0 Å². The maximum absolute atomic E-state index is 12.3. The number of aliphatic imine (C=N–C) groups is 1. The van der Waals surface area contributed by atoms with Crippen molar-refractivity contribution in [3.8, 4) is 0 Å². The number of benzene rings is 2. The molecule has 0 aliphatic heterocycles. The SMILES string of the molecule is CCC(C)C(C)c1ccc(C(=O)OC(C)CCC=Nc2ccccc2)cc1. The topological polar surface area (TPSA) is 38.7 Å². The van der Waals surface area contributed by atoms with E-state index in [1.807, 2.05) is 67.7 Å². The molecule has 27 heavy (non-hydrogen) atoms. The van der Waals surface area contributed by atoms with E-state index in [4.69, 9.17) is 4.74 Å². The Morgan fingerprint density at radius 2 is 1.70 bits per heavy atom. The molecule has 0 bridgehead atoms. The van der Waals surface area contributed by atoms with Crippen LogP contribution in [0.15, 0.2) is 59.6 Å². The summed E-state index contributed by atoms with van der Waals surface area (Å²) in [6, 6.07) is 17.7. The van der Waals surface area contributed by atoms with Crippen molar-refractivity contribution < 1.29 is 9.53 Å². The third-order valence-electron chi connectivity index (χ3n) is 5.18. The monoisotopic (exact) mass is 365 g/mol. The summed E-state index contributed by atoms with van der Waals surface area (Å²) in [6.07, 6.45) is 4.42. The van der Waals surface area contributed by atoms with Crippen LogP contribution in [0.25, 0.3) is 0 Å². The summed E-state index contributed by atoms with van der Waals surface area (Å²) in [5.41, 5.74) is 2.82. The van der Waals surface area contributed by atoms with Gasteiger partial charge in [-0.3, -0.25) is 4.99 Å². The Morgan fingerprint density at radius 3 is 2.33 bits per heavy atom. The number of rotatable bonds is 9. The van der Waals surface area contributed by atoms with E-state index in [2.05, 4.69) is 25.8 Å². The Bertz CT molecular complexity index is 722. The summed E-state index contributed by atoms with van der Waals surface area (Å²) in [7, 11) is 0. The van der Waals surface area contributed by atoms with Crippen molar-refractivity contribution in [2.24, 2.45) is 10.9 Å². The first-order valence-corrected chi connectivity index (χ1v) is 9.89. The van der Waals surface area contributed by atoms with Gasteiger partial charge >= 0.3 is 5.97 Å². The largest absolute Gasteiger partial charge is 0.459 e. The van der Waals surface area contributed by atoms with E-state index in [9.17, 15) is 4.79 Å². The van der Waals surface area contributed by atoms with Gasteiger partial charge in [0.2, 0.25) is 0 Å². The van der Waals surface area contributed by atoms with Crippen molar-refractivity contribution in [3.05, 3.63) is 65.7 Å². The van der Waals surface area contributed by atoms with Crippen molar-refractivity contribution in [2.45, 2.75) is 59.0 Å². The molecule has 3 unspecified atom stereocenters. The Kier molecular flexibility index (Phi) is 8.25. The Balaban J connectivity index is 1.81. The fourth-order valence-electron chi connectivity index (χ4n) is 2.91. The molecule has 0 aliphatic carbocycles. The van der Waals surface area contributed by atoms with Crippen LogP contribution in [0.3, 0.4) is 0 Å². The predicted octanol–water partition coefficient (Wildman–Crippen LogP) is 6.56. The summed E-state index contributed by atoms with van der Waals surface area (Å²) < 4.78 is 5.56. The Hall–Kier alpha value is -2.42. The van der Waals surface area contributed by atoms with Gasteiger partial charge in [-0.25, -0.2) is 4.79 Å². The molecule has 3 heteroatoms. The zero-order valence-electron chi connectivity index (χ0n) is 16.9. The van der Waals surface area contributed by atoms with Gasteiger partial charge in [0.25, 0.3) is 0 Å². The van der Waals surface area contributed by atoms with Crippen molar-refractivity contribution in [3.63, 3.8) is 0 Å². The highest BCUT2D eigenvalue weighted by Gasteiger charge is 2.15. The minimum atomic E-state index is -0.259. The number of ether oxygens (including phenoxy) is 1. The summed E-state index contributed by atoms with van der Waals surface area (Å²) in [4.78, 5) is 16.7. The van der Waals surface area contributed by atoms with Crippen molar-refractivity contribution in [2.75, 3.05) is 0 Å². The standard InChI is InChI=1S/C24H31NO2/c1-5-18(2)20(4)21-13-15-22(16-14-21)24(26)27-19(3)10-9-17-25-23-11-7-6-8-12-23/h6-8,11-20H,5,9-10H2,1-4H3. The third kappa shape index (κ3) is 6.67. The Labute approximate surface area is 163 Å². The van der Waals surface area contributed by atoms with Crippen LogP contribution < -0.4 is 0 Å². The average molecular weight is 366 g/mol. The summed E-state index contributed by atoms with van der Waals surface area (Å²) in [5.74, 6) is 0.855. The number of hydrogen-bond acceptors (Lipinski definition) is 3. The van der Waals surface area contributed by atoms with Gasteiger partial charge in [0.05, 0.1) is 17.4 Å². The second-order valence-electron chi connectivity index (χ2n) is 7.24. The van der Waals surface area contributed by atoms with Crippen LogP contribution in [-0.2, 0) is 4.74 Å². The molecule has 3 atom stereocenters. The molecule has 3 nitrogen and oxygen atoms in total.